The van der Waals surface area contributed by atoms with Gasteiger partial charge in [0.2, 0.25) is 10.0 Å². The molecule has 1 fully saturated rings. The van der Waals surface area contributed by atoms with Crippen molar-refractivity contribution in [3.8, 4) is 5.69 Å². The average Bonchev–Trinajstić information content (AvgIpc) is 3.04. The number of amides is 1. The maximum absolute atomic E-state index is 13.1. The molecule has 0 unspecified atom stereocenters. The minimum absolute atomic E-state index is 0.162. The standard InChI is InChI=1S/C26H32N4O3S/c1-20-25(21(2)30(27-20)23-11-7-6-8-12-23)19-28(3)26(31)22-13-15-24(16-14-22)34(32,33)29-17-9-4-5-10-18-29/h6-8,11-16H,4-5,9-10,17-19H2,1-3H3. The Morgan fingerprint density at radius 2 is 1.56 bits per heavy atom. The van der Waals surface area contributed by atoms with Crippen LogP contribution in [0.4, 0.5) is 0 Å². The van der Waals surface area contributed by atoms with Crippen LogP contribution in [0.1, 0.15) is 53.0 Å². The first-order chi connectivity index (χ1) is 16.3. The zero-order valence-electron chi connectivity index (χ0n) is 20.1. The van der Waals surface area contributed by atoms with E-state index >= 15 is 0 Å². The number of para-hydroxylation sites is 1. The van der Waals surface area contributed by atoms with Gasteiger partial charge in [0.25, 0.3) is 5.91 Å². The van der Waals surface area contributed by atoms with Crippen LogP contribution in [-0.2, 0) is 16.6 Å². The Balaban J connectivity index is 1.49. The van der Waals surface area contributed by atoms with E-state index in [9.17, 15) is 13.2 Å². The molecule has 2 heterocycles. The van der Waals surface area contributed by atoms with Crippen molar-refractivity contribution in [2.45, 2.75) is 51.0 Å². The Kier molecular flexibility index (Phi) is 7.19. The summed E-state index contributed by atoms with van der Waals surface area (Å²) in [4.78, 5) is 15.0. The molecule has 0 aliphatic carbocycles. The monoisotopic (exact) mass is 480 g/mol. The van der Waals surface area contributed by atoms with Crippen molar-refractivity contribution in [1.82, 2.24) is 19.0 Å². The smallest absolute Gasteiger partial charge is 0.253 e. The highest BCUT2D eigenvalue weighted by Gasteiger charge is 2.25. The first-order valence-corrected chi connectivity index (χ1v) is 13.2. The lowest BCUT2D eigenvalue weighted by molar-refractivity contribution is 0.0784. The first kappa shape index (κ1) is 24.2. The first-order valence-electron chi connectivity index (χ1n) is 11.8. The van der Waals surface area contributed by atoms with Crippen LogP contribution < -0.4 is 0 Å². The number of carbonyl (C=O) groups is 1. The van der Waals surface area contributed by atoms with Crippen molar-refractivity contribution in [3.63, 3.8) is 0 Å². The van der Waals surface area contributed by atoms with Crippen molar-refractivity contribution in [1.29, 1.82) is 0 Å². The van der Waals surface area contributed by atoms with Gasteiger partial charge in [-0.3, -0.25) is 4.79 Å². The van der Waals surface area contributed by atoms with Crippen LogP contribution in [0.25, 0.3) is 5.69 Å². The number of sulfonamides is 1. The van der Waals surface area contributed by atoms with E-state index in [2.05, 4.69) is 5.10 Å². The van der Waals surface area contributed by atoms with Crippen molar-refractivity contribution in [3.05, 3.63) is 77.1 Å². The highest BCUT2D eigenvalue weighted by atomic mass is 32.2. The average molecular weight is 481 g/mol. The molecule has 34 heavy (non-hydrogen) atoms. The minimum atomic E-state index is -3.53. The number of aryl methyl sites for hydroxylation is 1. The Morgan fingerprint density at radius 3 is 2.18 bits per heavy atom. The molecular formula is C26H32N4O3S. The third-order valence-corrected chi connectivity index (χ3v) is 8.40. The Morgan fingerprint density at radius 1 is 0.941 bits per heavy atom. The molecule has 7 nitrogen and oxygen atoms in total. The number of benzene rings is 2. The molecule has 0 N–H and O–H groups in total. The lowest BCUT2D eigenvalue weighted by atomic mass is 10.1. The van der Waals surface area contributed by atoms with Gasteiger partial charge in [0.05, 0.1) is 16.3 Å². The Labute approximate surface area is 202 Å². The molecule has 1 saturated heterocycles. The number of hydrogen-bond acceptors (Lipinski definition) is 4. The Bertz CT molecular complexity index is 1240. The molecule has 3 aromatic rings. The van der Waals surface area contributed by atoms with Crippen LogP contribution in [0.2, 0.25) is 0 Å². The van der Waals surface area contributed by atoms with E-state index in [1.165, 1.54) is 0 Å². The van der Waals surface area contributed by atoms with Gasteiger partial charge < -0.3 is 4.90 Å². The fourth-order valence-corrected chi connectivity index (χ4v) is 5.97. The zero-order chi connectivity index (χ0) is 24.3. The summed E-state index contributed by atoms with van der Waals surface area (Å²) in [5.74, 6) is -0.162. The largest absolute Gasteiger partial charge is 0.337 e. The maximum Gasteiger partial charge on any atom is 0.253 e. The van der Waals surface area contributed by atoms with Gasteiger partial charge in [-0.15, -0.1) is 0 Å². The summed E-state index contributed by atoms with van der Waals surface area (Å²) in [5.41, 5.74) is 4.30. The van der Waals surface area contributed by atoms with E-state index in [-0.39, 0.29) is 10.8 Å². The molecular weight excluding hydrogens is 448 g/mol. The Hall–Kier alpha value is -2.97. The van der Waals surface area contributed by atoms with Gasteiger partial charge >= 0.3 is 0 Å². The van der Waals surface area contributed by atoms with Crippen molar-refractivity contribution < 1.29 is 13.2 Å². The molecule has 1 aromatic heterocycles. The lowest BCUT2D eigenvalue weighted by Gasteiger charge is -2.21. The molecule has 4 rings (SSSR count). The highest BCUT2D eigenvalue weighted by molar-refractivity contribution is 7.89. The second-order valence-corrected chi connectivity index (χ2v) is 10.8. The predicted molar refractivity (Wildman–Crippen MR) is 133 cm³/mol. The van der Waals surface area contributed by atoms with E-state index in [0.29, 0.717) is 25.2 Å². The van der Waals surface area contributed by atoms with E-state index in [1.54, 1.807) is 40.5 Å². The number of nitrogens with zero attached hydrogens (tertiary/aromatic N) is 4. The zero-order valence-corrected chi connectivity index (χ0v) is 20.9. The molecule has 0 saturated carbocycles. The van der Waals surface area contributed by atoms with Crippen LogP contribution in [0.15, 0.2) is 59.5 Å². The van der Waals surface area contributed by atoms with Gasteiger partial charge in [-0.05, 0) is 63.1 Å². The summed E-state index contributed by atoms with van der Waals surface area (Å²) in [6.07, 6.45) is 3.91. The third kappa shape index (κ3) is 4.93. The van der Waals surface area contributed by atoms with E-state index < -0.39 is 10.0 Å². The van der Waals surface area contributed by atoms with Crippen LogP contribution in [0, 0.1) is 13.8 Å². The molecule has 180 valence electrons. The van der Waals surface area contributed by atoms with Gasteiger partial charge in [-0.2, -0.15) is 9.40 Å². The summed E-state index contributed by atoms with van der Waals surface area (Å²) in [6, 6.07) is 16.2. The van der Waals surface area contributed by atoms with E-state index in [0.717, 1.165) is 48.3 Å². The minimum Gasteiger partial charge on any atom is -0.337 e. The molecule has 0 atom stereocenters. The fourth-order valence-electron chi connectivity index (χ4n) is 4.45. The molecule has 1 aliphatic rings. The van der Waals surface area contributed by atoms with Gasteiger partial charge in [0.1, 0.15) is 0 Å². The summed E-state index contributed by atoms with van der Waals surface area (Å²) in [5, 5.41) is 4.66. The van der Waals surface area contributed by atoms with Crippen LogP contribution in [-0.4, -0.2) is 53.4 Å². The van der Waals surface area contributed by atoms with Gasteiger partial charge in [-0.1, -0.05) is 31.0 Å². The number of hydrogen-bond donors (Lipinski definition) is 0. The van der Waals surface area contributed by atoms with E-state index in [4.69, 9.17) is 0 Å². The predicted octanol–water partition coefficient (Wildman–Crippen LogP) is 4.33. The quantitative estimate of drug-likeness (QED) is 0.526. The second-order valence-electron chi connectivity index (χ2n) is 8.90. The molecule has 8 heteroatoms. The molecule has 0 spiro atoms. The van der Waals surface area contributed by atoms with Gasteiger partial charge in [-0.25, -0.2) is 13.1 Å². The summed E-state index contributed by atoms with van der Waals surface area (Å²) >= 11 is 0. The normalized spacial score (nSPS) is 15.1. The topological polar surface area (TPSA) is 75.5 Å². The van der Waals surface area contributed by atoms with Crippen molar-refractivity contribution >= 4 is 15.9 Å². The summed E-state index contributed by atoms with van der Waals surface area (Å²) in [6.45, 7) is 5.48. The molecule has 1 aliphatic heterocycles. The highest BCUT2D eigenvalue weighted by Crippen LogP contribution is 2.23. The maximum atomic E-state index is 13.1. The fraction of sp³-hybridized carbons (Fsp3) is 0.385. The number of carbonyl (C=O) groups excluding carboxylic acids is 1. The van der Waals surface area contributed by atoms with Gasteiger partial charge in [0.15, 0.2) is 0 Å². The summed E-state index contributed by atoms with van der Waals surface area (Å²) < 4.78 is 29.5. The second kappa shape index (κ2) is 10.1. The van der Waals surface area contributed by atoms with Gasteiger partial charge in [0, 0.05) is 43.5 Å². The third-order valence-electron chi connectivity index (χ3n) is 6.49. The molecule has 1 amide bonds. The SMILES string of the molecule is Cc1nn(-c2ccccc2)c(C)c1CN(C)C(=O)c1ccc(S(=O)(=O)N2CCCCCC2)cc1. The lowest BCUT2D eigenvalue weighted by Crippen LogP contribution is -2.32. The molecule has 0 radical (unpaired) electrons. The van der Waals surface area contributed by atoms with E-state index in [1.807, 2.05) is 48.9 Å². The summed E-state index contributed by atoms with van der Waals surface area (Å²) in [7, 11) is -1.78. The number of aromatic nitrogens is 2. The number of rotatable bonds is 6. The van der Waals surface area contributed by atoms with Crippen LogP contribution in [0.3, 0.4) is 0 Å². The van der Waals surface area contributed by atoms with Crippen molar-refractivity contribution in [2.24, 2.45) is 0 Å². The van der Waals surface area contributed by atoms with Crippen LogP contribution >= 0.6 is 0 Å². The molecule has 2 aromatic carbocycles. The van der Waals surface area contributed by atoms with Crippen LogP contribution in [0.5, 0.6) is 0 Å². The molecule has 0 bridgehead atoms. The van der Waals surface area contributed by atoms with Crippen molar-refractivity contribution in [2.75, 3.05) is 20.1 Å².